The Balaban J connectivity index is 2.24. The van der Waals surface area contributed by atoms with Crippen molar-refractivity contribution >= 4 is 0 Å². The molecule has 1 aliphatic carbocycles. The first-order valence-corrected chi connectivity index (χ1v) is 6.22. The molecule has 4 nitrogen and oxygen atoms in total. The Bertz CT molecular complexity index is 424. The van der Waals surface area contributed by atoms with E-state index in [0.717, 1.165) is 31.2 Å². The SMILES string of the molecule is CC(C)n1cc(C(O)C2(C#N)CCCC2)cn1. The minimum atomic E-state index is -0.706. The van der Waals surface area contributed by atoms with Gasteiger partial charge in [-0.3, -0.25) is 4.68 Å². The molecule has 0 radical (unpaired) electrons. The Morgan fingerprint density at radius 2 is 2.12 bits per heavy atom. The number of nitrogens with zero attached hydrogens (tertiary/aromatic N) is 3. The van der Waals surface area contributed by atoms with E-state index in [1.165, 1.54) is 0 Å². The van der Waals surface area contributed by atoms with Crippen LogP contribution in [0.1, 0.15) is 57.2 Å². The van der Waals surface area contributed by atoms with Gasteiger partial charge in [0.05, 0.1) is 17.7 Å². The van der Waals surface area contributed by atoms with Crippen LogP contribution in [0.25, 0.3) is 0 Å². The summed E-state index contributed by atoms with van der Waals surface area (Å²) in [5, 5.41) is 23.9. The molecule has 0 amide bonds. The molecular formula is C13H19N3O. The van der Waals surface area contributed by atoms with Gasteiger partial charge in [-0.25, -0.2) is 0 Å². The van der Waals surface area contributed by atoms with E-state index in [-0.39, 0.29) is 6.04 Å². The predicted molar refractivity (Wildman–Crippen MR) is 64.1 cm³/mol. The molecule has 4 heteroatoms. The Labute approximate surface area is 102 Å². The minimum absolute atomic E-state index is 0.276. The van der Waals surface area contributed by atoms with E-state index in [0.29, 0.717) is 0 Å². The Morgan fingerprint density at radius 1 is 1.47 bits per heavy atom. The molecule has 0 bridgehead atoms. The van der Waals surface area contributed by atoms with Crippen LogP contribution >= 0.6 is 0 Å². The van der Waals surface area contributed by atoms with E-state index in [2.05, 4.69) is 11.2 Å². The van der Waals surface area contributed by atoms with Crippen molar-refractivity contribution in [2.24, 2.45) is 5.41 Å². The fraction of sp³-hybridized carbons (Fsp3) is 0.692. The summed E-state index contributed by atoms with van der Waals surface area (Å²) in [6.07, 6.45) is 6.47. The first-order valence-electron chi connectivity index (χ1n) is 6.22. The third kappa shape index (κ3) is 2.07. The molecule has 0 aromatic carbocycles. The lowest BCUT2D eigenvalue weighted by Crippen LogP contribution is -2.23. The second-order valence-electron chi connectivity index (χ2n) is 5.23. The zero-order valence-corrected chi connectivity index (χ0v) is 10.4. The van der Waals surface area contributed by atoms with Gasteiger partial charge in [-0.05, 0) is 26.7 Å². The predicted octanol–water partition coefficient (Wildman–Crippen LogP) is 2.58. The maximum Gasteiger partial charge on any atom is 0.101 e. The Hall–Kier alpha value is -1.34. The quantitative estimate of drug-likeness (QED) is 0.872. The number of aromatic nitrogens is 2. The highest BCUT2D eigenvalue weighted by atomic mass is 16.3. The van der Waals surface area contributed by atoms with Crippen molar-refractivity contribution in [3.8, 4) is 6.07 Å². The molecule has 0 aliphatic heterocycles. The minimum Gasteiger partial charge on any atom is -0.387 e. The van der Waals surface area contributed by atoms with Crippen LogP contribution in [0.15, 0.2) is 12.4 Å². The van der Waals surface area contributed by atoms with Crippen LogP contribution in [0, 0.1) is 16.7 Å². The molecule has 1 aromatic rings. The van der Waals surface area contributed by atoms with Gasteiger partial charge in [-0.2, -0.15) is 10.4 Å². The summed E-state index contributed by atoms with van der Waals surface area (Å²) < 4.78 is 1.82. The molecule has 1 N–H and O–H groups in total. The van der Waals surface area contributed by atoms with Crippen molar-refractivity contribution in [2.75, 3.05) is 0 Å². The standard InChI is InChI=1S/C13H19N3O/c1-10(2)16-8-11(7-15-16)12(17)13(9-14)5-3-4-6-13/h7-8,10,12,17H,3-6H2,1-2H3. The number of hydrogen-bond donors (Lipinski definition) is 1. The fourth-order valence-corrected chi connectivity index (χ4v) is 2.55. The summed E-state index contributed by atoms with van der Waals surface area (Å²) in [4.78, 5) is 0. The summed E-state index contributed by atoms with van der Waals surface area (Å²) >= 11 is 0. The first kappa shape index (κ1) is 12.1. The molecule has 1 aliphatic rings. The van der Waals surface area contributed by atoms with E-state index in [1.54, 1.807) is 6.20 Å². The second kappa shape index (κ2) is 4.50. The molecule has 0 spiro atoms. The number of aliphatic hydroxyl groups is 1. The van der Waals surface area contributed by atoms with E-state index < -0.39 is 11.5 Å². The van der Waals surface area contributed by atoms with Gasteiger partial charge in [0.25, 0.3) is 0 Å². The smallest absolute Gasteiger partial charge is 0.101 e. The number of hydrogen-bond acceptors (Lipinski definition) is 3. The van der Waals surface area contributed by atoms with Crippen molar-refractivity contribution in [1.82, 2.24) is 9.78 Å². The highest BCUT2D eigenvalue weighted by molar-refractivity contribution is 5.19. The largest absolute Gasteiger partial charge is 0.387 e. The number of aliphatic hydroxyl groups excluding tert-OH is 1. The summed E-state index contributed by atoms with van der Waals surface area (Å²) in [5.41, 5.74) is 0.173. The lowest BCUT2D eigenvalue weighted by molar-refractivity contribution is 0.0670. The van der Waals surface area contributed by atoms with Crippen molar-refractivity contribution in [3.63, 3.8) is 0 Å². The Morgan fingerprint density at radius 3 is 2.59 bits per heavy atom. The topological polar surface area (TPSA) is 61.8 Å². The van der Waals surface area contributed by atoms with Crippen LogP contribution in [0.5, 0.6) is 0 Å². The zero-order chi connectivity index (χ0) is 12.5. The van der Waals surface area contributed by atoms with Gasteiger partial charge >= 0.3 is 0 Å². The van der Waals surface area contributed by atoms with Crippen LogP contribution in [0.3, 0.4) is 0 Å². The average Bonchev–Trinajstić information content (AvgIpc) is 2.98. The van der Waals surface area contributed by atoms with Crippen molar-refractivity contribution in [1.29, 1.82) is 5.26 Å². The van der Waals surface area contributed by atoms with Crippen LogP contribution in [0.2, 0.25) is 0 Å². The fourth-order valence-electron chi connectivity index (χ4n) is 2.55. The Kier molecular flexibility index (Phi) is 3.21. The molecular weight excluding hydrogens is 214 g/mol. The lowest BCUT2D eigenvalue weighted by atomic mass is 9.79. The van der Waals surface area contributed by atoms with Gasteiger partial charge in [0.1, 0.15) is 6.10 Å². The molecule has 0 saturated heterocycles. The van der Waals surface area contributed by atoms with Crippen molar-refractivity contribution in [3.05, 3.63) is 18.0 Å². The van der Waals surface area contributed by atoms with Crippen molar-refractivity contribution < 1.29 is 5.11 Å². The molecule has 17 heavy (non-hydrogen) atoms. The van der Waals surface area contributed by atoms with Crippen molar-refractivity contribution in [2.45, 2.75) is 51.7 Å². The average molecular weight is 233 g/mol. The lowest BCUT2D eigenvalue weighted by Gasteiger charge is -2.25. The molecule has 1 unspecified atom stereocenters. The molecule has 1 fully saturated rings. The highest BCUT2D eigenvalue weighted by Crippen LogP contribution is 2.46. The van der Waals surface area contributed by atoms with Crippen LogP contribution in [0.4, 0.5) is 0 Å². The van der Waals surface area contributed by atoms with Crippen LogP contribution < -0.4 is 0 Å². The summed E-state index contributed by atoms with van der Waals surface area (Å²) in [5.74, 6) is 0. The van der Waals surface area contributed by atoms with E-state index in [1.807, 2.05) is 24.7 Å². The molecule has 1 saturated carbocycles. The van der Waals surface area contributed by atoms with Gasteiger partial charge in [-0.15, -0.1) is 0 Å². The normalized spacial score (nSPS) is 20.4. The van der Waals surface area contributed by atoms with E-state index in [9.17, 15) is 10.4 Å². The summed E-state index contributed by atoms with van der Waals surface area (Å²) in [6.45, 7) is 4.08. The monoisotopic (exact) mass is 233 g/mol. The third-order valence-corrected chi connectivity index (χ3v) is 3.71. The summed E-state index contributed by atoms with van der Waals surface area (Å²) in [7, 11) is 0. The molecule has 2 rings (SSSR count). The molecule has 1 aromatic heterocycles. The number of rotatable bonds is 3. The maximum atomic E-state index is 10.4. The van der Waals surface area contributed by atoms with E-state index >= 15 is 0 Å². The van der Waals surface area contributed by atoms with E-state index in [4.69, 9.17) is 0 Å². The van der Waals surface area contributed by atoms with Gasteiger partial charge < -0.3 is 5.11 Å². The van der Waals surface area contributed by atoms with Gasteiger partial charge in [0.2, 0.25) is 0 Å². The zero-order valence-electron chi connectivity index (χ0n) is 10.4. The highest BCUT2D eigenvalue weighted by Gasteiger charge is 2.42. The van der Waals surface area contributed by atoms with Gasteiger partial charge in [0, 0.05) is 17.8 Å². The van der Waals surface area contributed by atoms with Gasteiger partial charge in [-0.1, -0.05) is 12.8 Å². The molecule has 1 atom stereocenters. The maximum absolute atomic E-state index is 10.4. The first-order chi connectivity index (χ1) is 8.09. The third-order valence-electron chi connectivity index (χ3n) is 3.71. The summed E-state index contributed by atoms with van der Waals surface area (Å²) in [6, 6.07) is 2.60. The van der Waals surface area contributed by atoms with Crippen LogP contribution in [-0.4, -0.2) is 14.9 Å². The second-order valence-corrected chi connectivity index (χ2v) is 5.23. The molecule has 1 heterocycles. The van der Waals surface area contributed by atoms with Gasteiger partial charge in [0.15, 0.2) is 0 Å². The van der Waals surface area contributed by atoms with Crippen LogP contribution in [-0.2, 0) is 0 Å². The molecule has 92 valence electrons. The number of nitriles is 1.